The summed E-state index contributed by atoms with van der Waals surface area (Å²) in [5, 5.41) is 14.1. The molecule has 242 valence electrons. The maximum Gasteiger partial charge on any atom is 0.410 e. The third-order valence-electron chi connectivity index (χ3n) is 7.02. The van der Waals surface area contributed by atoms with Gasteiger partial charge in [0, 0.05) is 19.3 Å². The molecule has 4 heterocycles. The summed E-state index contributed by atoms with van der Waals surface area (Å²) in [5.74, 6) is -0.474. The van der Waals surface area contributed by atoms with E-state index in [9.17, 15) is 22.8 Å². The van der Waals surface area contributed by atoms with Gasteiger partial charge in [-0.15, -0.1) is 11.3 Å². The number of carbonyl (C=O) groups is 2. The molecule has 1 saturated heterocycles. The van der Waals surface area contributed by atoms with Crippen LogP contribution < -0.4 is 10.6 Å². The summed E-state index contributed by atoms with van der Waals surface area (Å²) in [6.45, 7) is 7.59. The third kappa shape index (κ3) is 7.72. The van der Waals surface area contributed by atoms with Crippen molar-refractivity contribution in [2.75, 3.05) is 18.4 Å². The normalized spacial score (nSPS) is 17.5. The Morgan fingerprint density at radius 1 is 1.22 bits per heavy atom. The second-order valence-corrected chi connectivity index (χ2v) is 12.7. The van der Waals surface area contributed by atoms with E-state index in [2.05, 4.69) is 25.9 Å². The Kier molecular flexibility index (Phi) is 9.05. The number of carbonyl (C=O) groups excluding carboxylic acids is 2. The molecule has 1 aliphatic heterocycles. The molecule has 2 N–H and O–H groups in total. The fourth-order valence-corrected chi connectivity index (χ4v) is 6.15. The number of benzene rings is 1. The molecule has 1 fully saturated rings. The minimum atomic E-state index is -4.53. The Balaban J connectivity index is 1.36. The number of hydrogen-bond acceptors (Lipinski definition) is 9. The number of nitrogens with one attached hydrogen (secondary N) is 2. The largest absolute Gasteiger partial charge is 0.444 e. The van der Waals surface area contributed by atoms with E-state index in [-0.39, 0.29) is 48.2 Å². The number of thiophene rings is 1. The maximum absolute atomic E-state index is 15.3. The van der Waals surface area contributed by atoms with Crippen LogP contribution >= 0.6 is 11.3 Å². The van der Waals surface area contributed by atoms with E-state index in [1.807, 2.05) is 6.92 Å². The van der Waals surface area contributed by atoms with E-state index in [4.69, 9.17) is 9.26 Å². The van der Waals surface area contributed by atoms with Gasteiger partial charge in [-0.05, 0) is 51.1 Å². The molecule has 0 unspecified atom stereocenters. The maximum atomic E-state index is 15.3. The molecule has 2 amide bonds. The fourth-order valence-electron chi connectivity index (χ4n) is 4.93. The van der Waals surface area contributed by atoms with Gasteiger partial charge in [0.25, 0.3) is 5.91 Å². The first-order chi connectivity index (χ1) is 21.2. The molecular weight excluding hydrogens is 618 g/mol. The molecule has 11 nitrogen and oxygen atoms in total. The van der Waals surface area contributed by atoms with Crippen LogP contribution in [0.25, 0.3) is 20.8 Å². The predicted octanol–water partition coefficient (Wildman–Crippen LogP) is 5.96. The minimum Gasteiger partial charge on any atom is -0.444 e. The average Bonchev–Trinajstić information content (AvgIpc) is 3.70. The molecule has 1 aliphatic rings. The molecule has 0 saturated carbocycles. The van der Waals surface area contributed by atoms with Crippen molar-refractivity contribution in [2.24, 2.45) is 0 Å². The molecule has 5 rings (SSSR count). The van der Waals surface area contributed by atoms with Gasteiger partial charge in [-0.3, -0.25) is 9.48 Å². The highest BCUT2D eigenvalue weighted by Crippen LogP contribution is 2.43. The monoisotopic (exact) mass is 651 g/mol. The van der Waals surface area contributed by atoms with Gasteiger partial charge in [-0.2, -0.15) is 23.3 Å². The number of alkyl halides is 4. The van der Waals surface area contributed by atoms with Gasteiger partial charge in [0.15, 0.2) is 0 Å². The molecule has 2 atom stereocenters. The molecule has 0 bridgehead atoms. The van der Waals surface area contributed by atoms with Gasteiger partial charge in [-0.1, -0.05) is 17.3 Å². The van der Waals surface area contributed by atoms with Gasteiger partial charge >= 0.3 is 12.3 Å². The van der Waals surface area contributed by atoms with Crippen molar-refractivity contribution in [2.45, 2.75) is 77.6 Å². The SMILES string of the molecule is CCn1cc(C(=O)NCc2nc(-c3sc4c(N[C@@H]5CCN(C(=O)OC(C)(C)C)C[C@@H]5F)cccc4c3CC(F)(F)F)no2)cn1. The van der Waals surface area contributed by atoms with E-state index < -0.39 is 42.4 Å². The Labute approximate surface area is 259 Å². The van der Waals surface area contributed by atoms with Gasteiger partial charge in [-0.25, -0.2) is 9.18 Å². The first-order valence-corrected chi connectivity index (χ1v) is 15.2. The van der Waals surface area contributed by atoms with E-state index >= 15 is 4.39 Å². The topological polar surface area (TPSA) is 127 Å². The first kappa shape index (κ1) is 32.2. The standard InChI is InChI=1S/C29H33F4N7O4S/c1-5-40-14-16(12-35-40)26(41)34-13-22-37-25(38-44-22)24-18(11-29(31,32)33)17-7-6-8-21(23(17)45-24)36-20-9-10-39(15-19(20)30)27(42)43-28(2,3)4/h6-8,12,14,19-20,36H,5,9-11,13,15H2,1-4H3,(H,34,41)/t19-,20+/m0/s1. The number of ether oxygens (including phenoxy) is 1. The summed E-state index contributed by atoms with van der Waals surface area (Å²) in [7, 11) is 0. The minimum absolute atomic E-state index is 0.00650. The zero-order chi connectivity index (χ0) is 32.5. The molecule has 4 aromatic rings. The van der Waals surface area contributed by atoms with Crippen LogP contribution in [0.15, 0.2) is 35.1 Å². The van der Waals surface area contributed by atoms with Crippen molar-refractivity contribution in [3.05, 3.63) is 47.6 Å². The second-order valence-electron chi connectivity index (χ2n) is 11.6. The number of hydrogen-bond donors (Lipinski definition) is 2. The third-order valence-corrected chi connectivity index (χ3v) is 8.30. The zero-order valence-corrected chi connectivity index (χ0v) is 25.9. The molecule has 45 heavy (non-hydrogen) atoms. The smallest absolute Gasteiger partial charge is 0.410 e. The number of anilines is 1. The molecule has 3 aromatic heterocycles. The summed E-state index contributed by atoms with van der Waals surface area (Å²) in [5.41, 5.74) is 0.0331. The highest BCUT2D eigenvalue weighted by molar-refractivity contribution is 7.23. The zero-order valence-electron chi connectivity index (χ0n) is 25.1. The molecular formula is C29H33F4N7O4S. The van der Waals surface area contributed by atoms with Crippen LogP contribution in [0.3, 0.4) is 0 Å². The highest BCUT2D eigenvalue weighted by Gasteiger charge is 2.35. The summed E-state index contributed by atoms with van der Waals surface area (Å²) in [4.78, 5) is 30.6. The number of rotatable bonds is 8. The molecule has 0 aliphatic carbocycles. The Bertz CT molecular complexity index is 1680. The Morgan fingerprint density at radius 3 is 2.67 bits per heavy atom. The summed E-state index contributed by atoms with van der Waals surface area (Å²) >= 11 is 1.03. The predicted molar refractivity (Wildman–Crippen MR) is 159 cm³/mol. The number of aromatic nitrogens is 4. The molecule has 0 spiro atoms. The van der Waals surface area contributed by atoms with E-state index in [1.165, 1.54) is 11.1 Å². The van der Waals surface area contributed by atoms with Crippen molar-refractivity contribution in [3.63, 3.8) is 0 Å². The number of amides is 2. The second kappa shape index (κ2) is 12.7. The quantitative estimate of drug-likeness (QED) is 0.224. The lowest BCUT2D eigenvalue weighted by atomic mass is 10.0. The van der Waals surface area contributed by atoms with Gasteiger partial charge in [0.05, 0.1) is 52.6 Å². The summed E-state index contributed by atoms with van der Waals surface area (Å²) in [6.07, 6.45) is -4.55. The molecule has 0 radical (unpaired) electrons. The molecule has 1 aromatic carbocycles. The number of halogens is 4. The van der Waals surface area contributed by atoms with Crippen LogP contribution in [0.5, 0.6) is 0 Å². The van der Waals surface area contributed by atoms with Crippen LogP contribution in [0.4, 0.5) is 28.0 Å². The number of aryl methyl sites for hydroxylation is 1. The van der Waals surface area contributed by atoms with E-state index in [1.54, 1.807) is 49.8 Å². The van der Waals surface area contributed by atoms with Crippen molar-refractivity contribution in [3.8, 4) is 10.7 Å². The van der Waals surface area contributed by atoms with E-state index in [0.717, 1.165) is 11.3 Å². The van der Waals surface area contributed by atoms with Crippen LogP contribution in [0.1, 0.15) is 55.9 Å². The van der Waals surface area contributed by atoms with Crippen LogP contribution in [-0.4, -0.2) is 73.9 Å². The van der Waals surface area contributed by atoms with Gasteiger partial charge < -0.3 is 24.8 Å². The Hall–Kier alpha value is -4.21. The fraction of sp³-hybridized carbons (Fsp3) is 0.483. The first-order valence-electron chi connectivity index (χ1n) is 14.3. The van der Waals surface area contributed by atoms with Crippen LogP contribution in [0.2, 0.25) is 0 Å². The van der Waals surface area contributed by atoms with Crippen LogP contribution in [-0.2, 0) is 24.2 Å². The average molecular weight is 652 g/mol. The van der Waals surface area contributed by atoms with Crippen molar-refractivity contribution >= 4 is 39.1 Å². The van der Waals surface area contributed by atoms with Gasteiger partial charge in [0.1, 0.15) is 11.8 Å². The number of likely N-dealkylation sites (tertiary alicyclic amines) is 1. The van der Waals surface area contributed by atoms with Crippen molar-refractivity contribution in [1.29, 1.82) is 0 Å². The van der Waals surface area contributed by atoms with E-state index in [0.29, 0.717) is 27.9 Å². The number of piperidine rings is 1. The number of fused-ring (bicyclic) bond motifs is 1. The van der Waals surface area contributed by atoms with Gasteiger partial charge in [0.2, 0.25) is 11.7 Å². The summed E-state index contributed by atoms with van der Waals surface area (Å²) in [6, 6.07) is 4.15. The van der Waals surface area contributed by atoms with Crippen molar-refractivity contribution < 1.29 is 36.4 Å². The summed E-state index contributed by atoms with van der Waals surface area (Å²) < 4.78 is 69.2. The lowest BCUT2D eigenvalue weighted by Gasteiger charge is -2.36. The number of nitrogens with zero attached hydrogens (tertiary/aromatic N) is 5. The lowest BCUT2D eigenvalue weighted by Crippen LogP contribution is -2.51. The van der Waals surface area contributed by atoms with Crippen molar-refractivity contribution in [1.82, 2.24) is 30.1 Å². The lowest BCUT2D eigenvalue weighted by molar-refractivity contribution is -0.126. The Morgan fingerprint density at radius 2 is 2.00 bits per heavy atom. The van der Waals surface area contributed by atoms with Crippen LogP contribution in [0, 0.1) is 0 Å². The highest BCUT2D eigenvalue weighted by atomic mass is 32.1. The molecule has 16 heteroatoms.